The summed E-state index contributed by atoms with van der Waals surface area (Å²) in [6, 6.07) is 5.77. The first-order chi connectivity index (χ1) is 10.2. The number of rotatable bonds is 2. The second kappa shape index (κ2) is 6.22. The molecule has 112 valence electrons. The second-order valence-electron chi connectivity index (χ2n) is 6.05. The van der Waals surface area contributed by atoms with Crippen LogP contribution in [0.1, 0.15) is 59.7 Å². The van der Waals surface area contributed by atoms with Crippen LogP contribution in [-0.2, 0) is 0 Å². The third kappa shape index (κ3) is 3.00. The van der Waals surface area contributed by atoms with Crippen molar-refractivity contribution in [3.63, 3.8) is 0 Å². The van der Waals surface area contributed by atoms with E-state index < -0.39 is 0 Å². The van der Waals surface area contributed by atoms with Gasteiger partial charge in [0, 0.05) is 28.7 Å². The fraction of sp³-hybridized carbons (Fsp3) is 0.529. The van der Waals surface area contributed by atoms with Crippen LogP contribution < -0.4 is 5.32 Å². The average molecular weight is 303 g/mol. The van der Waals surface area contributed by atoms with E-state index in [2.05, 4.69) is 12.2 Å². The molecule has 1 aliphatic heterocycles. The zero-order chi connectivity index (χ0) is 14.8. The Hall–Kier alpha value is -1.29. The van der Waals surface area contributed by atoms with Crippen molar-refractivity contribution in [3.05, 3.63) is 29.3 Å². The molecule has 1 heterocycles. The summed E-state index contributed by atoms with van der Waals surface area (Å²) < 4.78 is 0. The first-order valence-electron chi connectivity index (χ1n) is 7.76. The first-order valence-corrected chi connectivity index (χ1v) is 8.75. The number of carbonyl (C=O) groups excluding carboxylic acids is 2. The van der Waals surface area contributed by atoms with Gasteiger partial charge in [0.2, 0.25) is 0 Å². The smallest absolute Gasteiger partial charge is 0.252 e. The van der Waals surface area contributed by atoms with Crippen molar-refractivity contribution in [1.82, 2.24) is 5.32 Å². The largest absolute Gasteiger partial charge is 0.349 e. The molecule has 1 aromatic carbocycles. The van der Waals surface area contributed by atoms with Crippen molar-refractivity contribution in [2.45, 2.75) is 50.0 Å². The van der Waals surface area contributed by atoms with Gasteiger partial charge in [-0.15, -0.1) is 11.8 Å². The van der Waals surface area contributed by atoms with Crippen LogP contribution in [0.2, 0.25) is 0 Å². The minimum absolute atomic E-state index is 0.0206. The molecule has 3 nitrogen and oxygen atoms in total. The van der Waals surface area contributed by atoms with Gasteiger partial charge in [-0.25, -0.2) is 0 Å². The monoisotopic (exact) mass is 303 g/mol. The van der Waals surface area contributed by atoms with Gasteiger partial charge in [0.05, 0.1) is 5.56 Å². The van der Waals surface area contributed by atoms with Crippen molar-refractivity contribution < 1.29 is 9.59 Å². The predicted octanol–water partition coefficient (Wildman–Crippen LogP) is 3.67. The third-order valence-electron chi connectivity index (χ3n) is 4.56. The normalized spacial score (nSPS) is 25.3. The quantitative estimate of drug-likeness (QED) is 0.906. The molecule has 4 heteroatoms. The first kappa shape index (κ1) is 14.6. The van der Waals surface area contributed by atoms with Gasteiger partial charge in [-0.3, -0.25) is 9.59 Å². The number of amides is 1. The number of carbonyl (C=O) groups is 2. The van der Waals surface area contributed by atoms with E-state index in [1.165, 1.54) is 19.3 Å². The van der Waals surface area contributed by atoms with Gasteiger partial charge in [0.15, 0.2) is 5.78 Å². The molecule has 21 heavy (non-hydrogen) atoms. The van der Waals surface area contributed by atoms with Gasteiger partial charge in [-0.2, -0.15) is 0 Å². The molecular formula is C17H21NO2S. The summed E-state index contributed by atoms with van der Waals surface area (Å²) in [5.74, 6) is 1.45. The maximum absolute atomic E-state index is 12.6. The Morgan fingerprint density at radius 3 is 2.90 bits per heavy atom. The number of hydrogen-bond acceptors (Lipinski definition) is 3. The lowest BCUT2D eigenvalue weighted by molar-refractivity contribution is 0.0907. The van der Waals surface area contributed by atoms with E-state index in [9.17, 15) is 9.59 Å². The molecule has 2 aliphatic rings. The maximum Gasteiger partial charge on any atom is 0.252 e. The van der Waals surface area contributed by atoms with Gasteiger partial charge in [0.1, 0.15) is 0 Å². The van der Waals surface area contributed by atoms with Crippen LogP contribution in [0.15, 0.2) is 23.1 Å². The molecule has 1 aromatic rings. The molecule has 1 N–H and O–H groups in total. The Labute approximate surface area is 129 Å². The van der Waals surface area contributed by atoms with Crippen molar-refractivity contribution >= 4 is 23.5 Å². The van der Waals surface area contributed by atoms with Gasteiger partial charge >= 0.3 is 0 Å². The molecule has 1 aliphatic carbocycles. The summed E-state index contributed by atoms with van der Waals surface area (Å²) in [5.41, 5.74) is 1.39. The van der Waals surface area contributed by atoms with Crippen LogP contribution in [0.3, 0.4) is 0 Å². The fourth-order valence-corrected chi connectivity index (χ4v) is 4.39. The van der Waals surface area contributed by atoms with Crippen LogP contribution in [-0.4, -0.2) is 23.5 Å². The van der Waals surface area contributed by atoms with Crippen LogP contribution in [0.25, 0.3) is 0 Å². The van der Waals surface area contributed by atoms with E-state index in [0.717, 1.165) is 22.6 Å². The molecule has 0 radical (unpaired) electrons. The third-order valence-corrected chi connectivity index (χ3v) is 5.70. The summed E-state index contributed by atoms with van der Waals surface area (Å²) in [6.45, 7) is 2.21. The van der Waals surface area contributed by atoms with E-state index in [1.54, 1.807) is 11.8 Å². The molecule has 0 saturated heterocycles. The maximum atomic E-state index is 12.6. The zero-order valence-corrected chi connectivity index (χ0v) is 13.2. The van der Waals surface area contributed by atoms with Gasteiger partial charge in [-0.1, -0.05) is 31.9 Å². The van der Waals surface area contributed by atoms with E-state index in [-0.39, 0.29) is 17.7 Å². The topological polar surface area (TPSA) is 46.2 Å². The molecule has 1 saturated carbocycles. The molecule has 1 amide bonds. The van der Waals surface area contributed by atoms with Crippen molar-refractivity contribution in [2.24, 2.45) is 5.92 Å². The molecule has 0 unspecified atom stereocenters. The van der Waals surface area contributed by atoms with Gasteiger partial charge < -0.3 is 5.32 Å². The lowest BCUT2D eigenvalue weighted by Crippen LogP contribution is -2.41. The van der Waals surface area contributed by atoms with Crippen LogP contribution in [0.5, 0.6) is 0 Å². The highest BCUT2D eigenvalue weighted by Crippen LogP contribution is 2.33. The highest BCUT2D eigenvalue weighted by atomic mass is 32.2. The van der Waals surface area contributed by atoms with Gasteiger partial charge in [0.25, 0.3) is 5.91 Å². The SMILES string of the molecule is C[C@@H]1CCCC[C@H]1NC(=O)c1cccc2c1SCCC2=O. The number of Topliss-reactive ketones (excluding diaryl/α,β-unsaturated/α-hetero) is 1. The lowest BCUT2D eigenvalue weighted by atomic mass is 9.86. The van der Waals surface area contributed by atoms with Crippen LogP contribution in [0.4, 0.5) is 0 Å². The number of hydrogen-bond donors (Lipinski definition) is 1. The molecule has 3 rings (SSSR count). The molecular weight excluding hydrogens is 282 g/mol. The van der Waals surface area contributed by atoms with Crippen molar-refractivity contribution in [1.29, 1.82) is 0 Å². The molecule has 0 bridgehead atoms. The second-order valence-corrected chi connectivity index (χ2v) is 7.15. The predicted molar refractivity (Wildman–Crippen MR) is 85.0 cm³/mol. The highest BCUT2D eigenvalue weighted by Gasteiger charge is 2.27. The Kier molecular flexibility index (Phi) is 4.34. The Balaban J connectivity index is 1.82. The van der Waals surface area contributed by atoms with Crippen molar-refractivity contribution in [3.8, 4) is 0 Å². The Morgan fingerprint density at radius 1 is 1.29 bits per heavy atom. The summed E-state index contributed by atoms with van der Waals surface area (Å²) in [6.07, 6.45) is 5.27. The van der Waals surface area contributed by atoms with E-state index in [1.807, 2.05) is 18.2 Å². The van der Waals surface area contributed by atoms with E-state index in [0.29, 0.717) is 17.9 Å². The molecule has 0 spiro atoms. The molecule has 2 atom stereocenters. The van der Waals surface area contributed by atoms with Crippen LogP contribution in [0, 0.1) is 5.92 Å². The minimum atomic E-state index is -0.0206. The summed E-state index contributed by atoms with van der Waals surface area (Å²) in [5, 5.41) is 3.19. The number of ketones is 1. The van der Waals surface area contributed by atoms with Gasteiger partial charge in [-0.05, 0) is 24.8 Å². The Bertz CT molecular complexity index is 570. The zero-order valence-electron chi connectivity index (χ0n) is 12.4. The number of benzene rings is 1. The summed E-state index contributed by atoms with van der Waals surface area (Å²) in [4.78, 5) is 25.4. The Morgan fingerprint density at radius 2 is 2.10 bits per heavy atom. The fourth-order valence-electron chi connectivity index (χ4n) is 3.25. The number of nitrogens with one attached hydrogen (secondary N) is 1. The minimum Gasteiger partial charge on any atom is -0.349 e. The number of thioether (sulfide) groups is 1. The average Bonchev–Trinajstić information content (AvgIpc) is 2.49. The number of fused-ring (bicyclic) bond motifs is 1. The standard InChI is InChI=1S/C17H21NO2S/c1-11-5-2-3-8-14(11)18-17(20)13-7-4-6-12-15(19)9-10-21-16(12)13/h4,6-7,11,14H,2-3,5,8-10H2,1H3,(H,18,20)/t11-,14-/m1/s1. The lowest BCUT2D eigenvalue weighted by Gasteiger charge is -2.30. The van der Waals surface area contributed by atoms with Crippen molar-refractivity contribution in [2.75, 3.05) is 5.75 Å². The highest BCUT2D eigenvalue weighted by molar-refractivity contribution is 7.99. The molecule has 1 fully saturated rings. The molecule has 0 aromatic heterocycles. The summed E-state index contributed by atoms with van der Waals surface area (Å²) in [7, 11) is 0. The van der Waals surface area contributed by atoms with E-state index >= 15 is 0 Å². The summed E-state index contributed by atoms with van der Waals surface area (Å²) >= 11 is 1.63. The van der Waals surface area contributed by atoms with Crippen LogP contribution >= 0.6 is 11.8 Å². The van der Waals surface area contributed by atoms with E-state index in [4.69, 9.17) is 0 Å².